The quantitative estimate of drug-likeness (QED) is 0.879. The molecule has 0 bridgehead atoms. The Bertz CT molecular complexity index is 423. The van der Waals surface area contributed by atoms with Crippen LogP contribution >= 0.6 is 0 Å². The van der Waals surface area contributed by atoms with E-state index in [-0.39, 0.29) is 11.5 Å². The summed E-state index contributed by atoms with van der Waals surface area (Å²) in [7, 11) is 0. The van der Waals surface area contributed by atoms with Crippen LogP contribution in [0.1, 0.15) is 52.5 Å². The topological polar surface area (TPSA) is 29.5 Å². The zero-order chi connectivity index (χ0) is 13.4. The lowest BCUT2D eigenvalue weighted by atomic mass is 9.73. The molecule has 100 valence electrons. The van der Waals surface area contributed by atoms with Crippen LogP contribution in [0, 0.1) is 5.41 Å². The summed E-state index contributed by atoms with van der Waals surface area (Å²) in [6.07, 6.45) is 3.15. The molecule has 0 spiro atoms. The molecular weight excluding hydrogens is 224 g/mol. The third kappa shape index (κ3) is 2.26. The molecule has 1 saturated carbocycles. The molecule has 2 rings (SSSR count). The van der Waals surface area contributed by atoms with E-state index in [1.807, 2.05) is 38.1 Å². The van der Waals surface area contributed by atoms with Crippen molar-refractivity contribution in [3.8, 4) is 5.75 Å². The van der Waals surface area contributed by atoms with E-state index in [1.54, 1.807) is 0 Å². The van der Waals surface area contributed by atoms with Gasteiger partial charge in [0.05, 0.1) is 11.7 Å². The SMILES string of the molecule is CC(C)Oc1cccc(C2(O)CCCC2(C)C)c1. The third-order valence-corrected chi connectivity index (χ3v) is 4.14. The largest absolute Gasteiger partial charge is 0.491 e. The number of hydrogen-bond donors (Lipinski definition) is 1. The van der Waals surface area contributed by atoms with Crippen molar-refractivity contribution < 1.29 is 9.84 Å². The van der Waals surface area contributed by atoms with Crippen molar-refractivity contribution in [1.82, 2.24) is 0 Å². The average Bonchev–Trinajstić information content (AvgIpc) is 2.54. The third-order valence-electron chi connectivity index (χ3n) is 4.14. The number of hydrogen-bond acceptors (Lipinski definition) is 2. The monoisotopic (exact) mass is 248 g/mol. The van der Waals surface area contributed by atoms with Gasteiger partial charge in [-0.1, -0.05) is 26.0 Å². The van der Waals surface area contributed by atoms with Crippen LogP contribution in [-0.4, -0.2) is 11.2 Å². The van der Waals surface area contributed by atoms with E-state index in [0.717, 1.165) is 30.6 Å². The Morgan fingerprint density at radius 2 is 1.94 bits per heavy atom. The highest BCUT2D eigenvalue weighted by molar-refractivity contribution is 5.34. The average molecular weight is 248 g/mol. The second-order valence-electron chi connectivity index (χ2n) is 6.29. The summed E-state index contributed by atoms with van der Waals surface area (Å²) in [6, 6.07) is 7.93. The van der Waals surface area contributed by atoms with Gasteiger partial charge in [-0.05, 0) is 56.2 Å². The Morgan fingerprint density at radius 3 is 2.50 bits per heavy atom. The molecule has 0 saturated heterocycles. The molecule has 0 radical (unpaired) electrons. The van der Waals surface area contributed by atoms with E-state index in [0.29, 0.717) is 0 Å². The minimum absolute atomic E-state index is 0.0660. The van der Waals surface area contributed by atoms with Gasteiger partial charge >= 0.3 is 0 Å². The van der Waals surface area contributed by atoms with Crippen LogP contribution in [0.3, 0.4) is 0 Å². The predicted molar refractivity (Wildman–Crippen MR) is 73.7 cm³/mol. The molecule has 1 aliphatic rings. The summed E-state index contributed by atoms with van der Waals surface area (Å²) in [4.78, 5) is 0. The van der Waals surface area contributed by atoms with E-state index in [1.165, 1.54) is 0 Å². The summed E-state index contributed by atoms with van der Waals surface area (Å²) in [6.45, 7) is 8.33. The van der Waals surface area contributed by atoms with Gasteiger partial charge in [-0.3, -0.25) is 0 Å². The number of aliphatic hydroxyl groups is 1. The zero-order valence-corrected chi connectivity index (χ0v) is 11.9. The van der Waals surface area contributed by atoms with Crippen molar-refractivity contribution in [2.75, 3.05) is 0 Å². The summed E-state index contributed by atoms with van der Waals surface area (Å²) >= 11 is 0. The number of benzene rings is 1. The fourth-order valence-electron chi connectivity index (χ4n) is 2.97. The number of ether oxygens (including phenoxy) is 1. The number of rotatable bonds is 3. The zero-order valence-electron chi connectivity index (χ0n) is 11.9. The molecule has 1 N–H and O–H groups in total. The van der Waals surface area contributed by atoms with E-state index in [9.17, 15) is 5.11 Å². The Morgan fingerprint density at radius 1 is 1.22 bits per heavy atom. The molecule has 1 aliphatic carbocycles. The highest BCUT2D eigenvalue weighted by atomic mass is 16.5. The van der Waals surface area contributed by atoms with Crippen molar-refractivity contribution in [3.63, 3.8) is 0 Å². The van der Waals surface area contributed by atoms with Crippen LogP contribution in [0.4, 0.5) is 0 Å². The van der Waals surface area contributed by atoms with Crippen molar-refractivity contribution in [2.45, 2.75) is 58.7 Å². The first-order chi connectivity index (χ1) is 8.35. The molecule has 1 unspecified atom stereocenters. The lowest BCUT2D eigenvalue weighted by molar-refractivity contribution is -0.0487. The molecule has 1 aromatic rings. The Labute approximate surface area is 110 Å². The summed E-state index contributed by atoms with van der Waals surface area (Å²) in [5.41, 5.74) is 0.204. The van der Waals surface area contributed by atoms with Gasteiger partial charge in [-0.25, -0.2) is 0 Å². The Kier molecular flexibility index (Phi) is 3.41. The molecule has 0 aliphatic heterocycles. The van der Waals surface area contributed by atoms with Gasteiger partial charge < -0.3 is 9.84 Å². The van der Waals surface area contributed by atoms with E-state index in [2.05, 4.69) is 13.8 Å². The van der Waals surface area contributed by atoms with Crippen LogP contribution < -0.4 is 4.74 Å². The summed E-state index contributed by atoms with van der Waals surface area (Å²) in [5.74, 6) is 0.846. The van der Waals surface area contributed by atoms with E-state index < -0.39 is 5.60 Å². The van der Waals surface area contributed by atoms with E-state index in [4.69, 9.17) is 4.74 Å². The van der Waals surface area contributed by atoms with Crippen molar-refractivity contribution >= 4 is 0 Å². The highest BCUT2D eigenvalue weighted by Crippen LogP contribution is 2.52. The fraction of sp³-hybridized carbons (Fsp3) is 0.625. The summed E-state index contributed by atoms with van der Waals surface area (Å²) in [5, 5.41) is 11.0. The van der Waals surface area contributed by atoms with Crippen molar-refractivity contribution in [3.05, 3.63) is 29.8 Å². The van der Waals surface area contributed by atoms with E-state index >= 15 is 0 Å². The first-order valence-corrected chi connectivity index (χ1v) is 6.85. The first kappa shape index (κ1) is 13.4. The molecular formula is C16H24O2. The summed E-state index contributed by atoms with van der Waals surface area (Å²) < 4.78 is 5.72. The van der Waals surface area contributed by atoms with Crippen LogP contribution in [0.5, 0.6) is 5.75 Å². The van der Waals surface area contributed by atoms with Crippen molar-refractivity contribution in [2.24, 2.45) is 5.41 Å². The van der Waals surface area contributed by atoms with Gasteiger partial charge in [0, 0.05) is 0 Å². The predicted octanol–water partition coefficient (Wildman–Crippen LogP) is 3.87. The van der Waals surface area contributed by atoms with Gasteiger partial charge in [0.1, 0.15) is 5.75 Å². The molecule has 1 atom stereocenters. The standard InChI is InChI=1S/C16H24O2/c1-12(2)18-14-8-5-7-13(11-14)16(17)10-6-9-15(16,3)4/h5,7-8,11-12,17H,6,9-10H2,1-4H3. The molecule has 0 heterocycles. The fourth-order valence-corrected chi connectivity index (χ4v) is 2.97. The second kappa shape index (κ2) is 4.58. The van der Waals surface area contributed by atoms with Gasteiger partial charge in [-0.2, -0.15) is 0 Å². The Balaban J connectivity index is 2.33. The maximum Gasteiger partial charge on any atom is 0.120 e. The lowest BCUT2D eigenvalue weighted by Gasteiger charge is -2.37. The molecule has 0 amide bonds. The molecule has 18 heavy (non-hydrogen) atoms. The van der Waals surface area contributed by atoms with Crippen LogP contribution in [0.25, 0.3) is 0 Å². The minimum atomic E-state index is -0.719. The maximum absolute atomic E-state index is 11.0. The normalized spacial score (nSPS) is 26.6. The second-order valence-corrected chi connectivity index (χ2v) is 6.29. The molecule has 1 aromatic carbocycles. The van der Waals surface area contributed by atoms with Crippen LogP contribution in [0.15, 0.2) is 24.3 Å². The smallest absolute Gasteiger partial charge is 0.120 e. The lowest BCUT2D eigenvalue weighted by Crippen LogP contribution is -2.36. The van der Waals surface area contributed by atoms with Crippen molar-refractivity contribution in [1.29, 1.82) is 0 Å². The van der Waals surface area contributed by atoms with Gasteiger partial charge in [0.2, 0.25) is 0 Å². The Hall–Kier alpha value is -1.02. The van der Waals surface area contributed by atoms with Gasteiger partial charge in [0.25, 0.3) is 0 Å². The van der Waals surface area contributed by atoms with Gasteiger partial charge in [0.15, 0.2) is 0 Å². The van der Waals surface area contributed by atoms with Crippen LogP contribution in [0.2, 0.25) is 0 Å². The highest BCUT2D eigenvalue weighted by Gasteiger charge is 2.48. The first-order valence-electron chi connectivity index (χ1n) is 6.85. The molecule has 1 fully saturated rings. The minimum Gasteiger partial charge on any atom is -0.491 e. The molecule has 0 aromatic heterocycles. The maximum atomic E-state index is 11.0. The molecule has 2 nitrogen and oxygen atoms in total. The van der Waals surface area contributed by atoms with Crippen LogP contribution in [-0.2, 0) is 5.60 Å². The van der Waals surface area contributed by atoms with Gasteiger partial charge in [-0.15, -0.1) is 0 Å². The molecule has 2 heteroatoms.